The van der Waals surface area contributed by atoms with E-state index < -0.39 is 6.03 Å². The second kappa shape index (κ2) is 10.7. The average Bonchev–Trinajstić information content (AvgIpc) is 3.19. The maximum atomic E-state index is 13.1. The van der Waals surface area contributed by atoms with E-state index in [4.69, 9.17) is 28.3 Å². The minimum Gasteiger partial charge on any atom is -0.313 e. The lowest BCUT2D eigenvalue weighted by atomic mass is 9.92. The fraction of sp³-hybridized carbons (Fsp3) is 0.346. The molecule has 0 radical (unpaired) electrons. The number of aromatic nitrogens is 2. The van der Waals surface area contributed by atoms with Gasteiger partial charge in [-0.3, -0.25) is 4.79 Å². The summed E-state index contributed by atoms with van der Waals surface area (Å²) in [5.41, 5.74) is 2.96. The number of carbonyl (C=O) groups is 2. The largest absolute Gasteiger partial charge is 0.322 e. The summed E-state index contributed by atoms with van der Waals surface area (Å²) in [6.07, 6.45) is 0. The molecule has 0 bridgehead atoms. The van der Waals surface area contributed by atoms with Crippen molar-refractivity contribution in [3.8, 4) is 5.69 Å². The predicted octanol–water partition coefficient (Wildman–Crippen LogP) is 6.67. The van der Waals surface area contributed by atoms with Crippen LogP contribution in [0.5, 0.6) is 0 Å². The van der Waals surface area contributed by atoms with E-state index in [1.165, 1.54) is 4.90 Å². The summed E-state index contributed by atoms with van der Waals surface area (Å²) in [5, 5.41) is 11.0. The normalized spacial score (nSPS) is 11.5. The van der Waals surface area contributed by atoms with Crippen molar-refractivity contribution in [2.45, 2.75) is 53.0 Å². The number of nitrogens with one attached hydrogen (secondary N) is 2. The first-order valence-electron chi connectivity index (χ1n) is 11.4. The highest BCUT2D eigenvalue weighted by Crippen LogP contribution is 2.30. The van der Waals surface area contributed by atoms with Crippen molar-refractivity contribution in [3.05, 3.63) is 69.8 Å². The number of amides is 3. The van der Waals surface area contributed by atoms with Crippen molar-refractivity contribution < 1.29 is 9.59 Å². The maximum Gasteiger partial charge on any atom is 0.322 e. The third-order valence-electron chi connectivity index (χ3n) is 5.42. The smallest absolute Gasteiger partial charge is 0.313 e. The predicted molar refractivity (Wildman–Crippen MR) is 143 cm³/mol. The molecule has 1 aromatic heterocycles. The first kappa shape index (κ1) is 26.6. The lowest BCUT2D eigenvalue weighted by Gasteiger charge is -2.26. The monoisotopic (exact) mass is 515 g/mol. The Morgan fingerprint density at radius 3 is 2.31 bits per heavy atom. The van der Waals surface area contributed by atoms with Crippen LogP contribution in [-0.2, 0) is 10.2 Å². The highest BCUT2D eigenvalue weighted by Gasteiger charge is 2.24. The first-order valence-corrected chi connectivity index (χ1v) is 12.1. The lowest BCUT2D eigenvalue weighted by molar-refractivity contribution is -0.117. The summed E-state index contributed by atoms with van der Waals surface area (Å²) in [7, 11) is 0. The highest BCUT2D eigenvalue weighted by atomic mass is 35.5. The van der Waals surface area contributed by atoms with Gasteiger partial charge in [-0.1, -0.05) is 67.7 Å². The number of halogens is 2. The molecule has 0 atom stereocenters. The van der Waals surface area contributed by atoms with Crippen LogP contribution in [-0.4, -0.2) is 39.2 Å². The van der Waals surface area contributed by atoms with Crippen molar-refractivity contribution in [2.75, 3.05) is 17.2 Å². The van der Waals surface area contributed by atoms with Crippen LogP contribution in [0.2, 0.25) is 10.0 Å². The van der Waals surface area contributed by atoms with Crippen LogP contribution in [0.25, 0.3) is 5.69 Å². The molecule has 0 aliphatic carbocycles. The topological polar surface area (TPSA) is 79.3 Å². The van der Waals surface area contributed by atoms with Crippen molar-refractivity contribution in [3.63, 3.8) is 0 Å². The molecular formula is C26H31Cl2N5O2. The van der Waals surface area contributed by atoms with E-state index in [1.807, 2.05) is 51.1 Å². The molecular weight excluding hydrogens is 485 g/mol. The quantitative estimate of drug-likeness (QED) is 0.384. The minimum atomic E-state index is -0.457. The third kappa shape index (κ3) is 6.55. The number of carbonyl (C=O) groups excluding carboxylic acids is 2. The molecule has 2 aromatic carbocycles. The average molecular weight is 516 g/mol. The van der Waals surface area contributed by atoms with Crippen LogP contribution >= 0.6 is 23.2 Å². The van der Waals surface area contributed by atoms with Crippen LogP contribution in [0.4, 0.5) is 16.3 Å². The Balaban J connectivity index is 1.82. The van der Waals surface area contributed by atoms with Gasteiger partial charge in [-0.15, -0.1) is 0 Å². The van der Waals surface area contributed by atoms with E-state index in [-0.39, 0.29) is 28.9 Å². The van der Waals surface area contributed by atoms with Crippen molar-refractivity contribution in [2.24, 2.45) is 0 Å². The lowest BCUT2D eigenvalue weighted by Crippen LogP contribution is -2.44. The molecule has 2 N–H and O–H groups in total. The van der Waals surface area contributed by atoms with Crippen LogP contribution in [0, 0.1) is 6.92 Å². The molecule has 0 fully saturated rings. The Kier molecular flexibility index (Phi) is 8.13. The molecule has 1 heterocycles. The molecule has 0 saturated heterocycles. The number of rotatable bonds is 6. The molecule has 0 aliphatic rings. The van der Waals surface area contributed by atoms with Gasteiger partial charge in [0.1, 0.15) is 12.4 Å². The van der Waals surface area contributed by atoms with Gasteiger partial charge in [-0.05, 0) is 45.0 Å². The van der Waals surface area contributed by atoms with E-state index in [9.17, 15) is 9.59 Å². The van der Waals surface area contributed by atoms with Crippen molar-refractivity contribution in [1.29, 1.82) is 0 Å². The first-order chi connectivity index (χ1) is 16.4. The van der Waals surface area contributed by atoms with Crippen LogP contribution in [0.3, 0.4) is 0 Å². The van der Waals surface area contributed by atoms with Gasteiger partial charge in [-0.2, -0.15) is 5.10 Å². The van der Waals surface area contributed by atoms with E-state index in [0.29, 0.717) is 16.5 Å². The Labute approximate surface area is 216 Å². The van der Waals surface area contributed by atoms with Gasteiger partial charge >= 0.3 is 6.03 Å². The third-order valence-corrected chi connectivity index (χ3v) is 6.23. The standard InChI is InChI=1S/C26H31Cl2N5O2/c1-16(2)32(25(35)29-20-9-7-8-19(27)24(20)28)15-23(34)30-22-14-21(26(4,5)6)31-33(22)18-12-10-17(3)11-13-18/h7-14,16H,15H2,1-6H3,(H,29,35)(H,30,34). The summed E-state index contributed by atoms with van der Waals surface area (Å²) < 4.78 is 1.71. The van der Waals surface area contributed by atoms with Crippen molar-refractivity contribution >= 4 is 46.6 Å². The molecule has 0 aliphatic heterocycles. The van der Waals surface area contributed by atoms with Gasteiger partial charge in [0.2, 0.25) is 5.91 Å². The number of anilines is 2. The summed E-state index contributed by atoms with van der Waals surface area (Å²) in [5.74, 6) is 0.186. The van der Waals surface area contributed by atoms with Gasteiger partial charge in [0.05, 0.1) is 27.1 Å². The molecule has 186 valence electrons. The molecule has 0 unspecified atom stereocenters. The van der Waals surface area contributed by atoms with Crippen molar-refractivity contribution in [1.82, 2.24) is 14.7 Å². The van der Waals surface area contributed by atoms with Gasteiger partial charge < -0.3 is 15.5 Å². The second-order valence-corrected chi connectivity index (χ2v) is 10.5. The van der Waals surface area contributed by atoms with E-state index in [0.717, 1.165) is 16.9 Å². The van der Waals surface area contributed by atoms with Gasteiger partial charge in [-0.25, -0.2) is 9.48 Å². The Hall–Kier alpha value is -3.03. The molecule has 9 heteroatoms. The van der Waals surface area contributed by atoms with Crippen LogP contribution in [0.15, 0.2) is 48.5 Å². The van der Waals surface area contributed by atoms with E-state index in [2.05, 4.69) is 31.4 Å². The van der Waals surface area contributed by atoms with Gasteiger partial charge in [0.25, 0.3) is 0 Å². The Morgan fingerprint density at radius 1 is 1.06 bits per heavy atom. The van der Waals surface area contributed by atoms with Gasteiger partial charge in [0, 0.05) is 17.5 Å². The number of aryl methyl sites for hydroxylation is 1. The number of hydrogen-bond donors (Lipinski definition) is 2. The summed E-state index contributed by atoms with van der Waals surface area (Å²) >= 11 is 12.3. The number of benzene rings is 2. The van der Waals surface area contributed by atoms with E-state index in [1.54, 1.807) is 22.9 Å². The summed E-state index contributed by atoms with van der Waals surface area (Å²) in [6, 6.07) is 14.0. The number of urea groups is 1. The molecule has 0 saturated carbocycles. The molecule has 0 spiro atoms. The molecule has 3 rings (SSSR count). The van der Waals surface area contributed by atoms with Crippen LogP contribution in [0.1, 0.15) is 45.9 Å². The second-order valence-electron chi connectivity index (χ2n) is 9.71. The highest BCUT2D eigenvalue weighted by molar-refractivity contribution is 6.44. The Bertz CT molecular complexity index is 1210. The fourth-order valence-corrected chi connectivity index (χ4v) is 3.68. The molecule has 3 aromatic rings. The van der Waals surface area contributed by atoms with E-state index >= 15 is 0 Å². The summed E-state index contributed by atoms with van der Waals surface area (Å²) in [4.78, 5) is 27.5. The SMILES string of the molecule is Cc1ccc(-n2nc(C(C)(C)C)cc2NC(=O)CN(C(=O)Nc2cccc(Cl)c2Cl)C(C)C)cc1. The van der Waals surface area contributed by atoms with Crippen LogP contribution < -0.4 is 10.6 Å². The molecule has 3 amide bonds. The zero-order valence-electron chi connectivity index (χ0n) is 20.8. The molecule has 7 nitrogen and oxygen atoms in total. The number of hydrogen-bond acceptors (Lipinski definition) is 3. The zero-order valence-corrected chi connectivity index (χ0v) is 22.3. The van der Waals surface area contributed by atoms with Gasteiger partial charge in [0.15, 0.2) is 0 Å². The fourth-order valence-electron chi connectivity index (χ4n) is 3.33. The zero-order chi connectivity index (χ0) is 25.9. The Morgan fingerprint density at radius 2 is 1.71 bits per heavy atom. The molecule has 35 heavy (non-hydrogen) atoms. The minimum absolute atomic E-state index is 0.161. The maximum absolute atomic E-state index is 13.1. The summed E-state index contributed by atoms with van der Waals surface area (Å²) in [6.45, 7) is 11.7. The number of nitrogens with zero attached hydrogens (tertiary/aromatic N) is 3.